The molecule has 2 atom stereocenters. The molecule has 1 aromatic heterocycles. The first-order chi connectivity index (χ1) is 8.58. The first-order valence-electron chi connectivity index (χ1n) is 6.09. The Kier molecular flexibility index (Phi) is 4.04. The standard InChI is InChI=1S/C15H19NOS/c1-10-4-5-11(2)14(8-10)17-15(12(3)16)13-6-7-18-9-13/h4-9,12,15H,16H2,1-3H3. The Morgan fingerprint density at radius 2 is 2.00 bits per heavy atom. The van der Waals surface area contributed by atoms with Gasteiger partial charge < -0.3 is 10.5 Å². The zero-order valence-corrected chi connectivity index (χ0v) is 11.8. The Bertz CT molecular complexity index is 505. The normalized spacial score (nSPS) is 14.2. The summed E-state index contributed by atoms with van der Waals surface area (Å²) in [5.41, 5.74) is 9.53. The minimum Gasteiger partial charge on any atom is -0.484 e. The molecule has 0 radical (unpaired) electrons. The van der Waals surface area contributed by atoms with Crippen LogP contribution < -0.4 is 10.5 Å². The molecular weight excluding hydrogens is 242 g/mol. The minimum atomic E-state index is -0.0863. The van der Waals surface area contributed by atoms with Gasteiger partial charge in [-0.3, -0.25) is 0 Å². The highest BCUT2D eigenvalue weighted by molar-refractivity contribution is 7.07. The van der Waals surface area contributed by atoms with E-state index in [0.717, 1.165) is 16.9 Å². The number of aryl methyl sites for hydroxylation is 2. The lowest BCUT2D eigenvalue weighted by Crippen LogP contribution is -2.28. The van der Waals surface area contributed by atoms with Crippen molar-refractivity contribution in [2.75, 3.05) is 0 Å². The number of thiophene rings is 1. The van der Waals surface area contributed by atoms with Gasteiger partial charge >= 0.3 is 0 Å². The smallest absolute Gasteiger partial charge is 0.139 e. The highest BCUT2D eigenvalue weighted by Gasteiger charge is 2.19. The number of rotatable bonds is 4. The molecule has 0 saturated heterocycles. The fourth-order valence-electron chi connectivity index (χ4n) is 1.89. The fraction of sp³-hybridized carbons (Fsp3) is 0.333. The summed E-state index contributed by atoms with van der Waals surface area (Å²) < 4.78 is 6.11. The van der Waals surface area contributed by atoms with Crippen LogP contribution in [-0.2, 0) is 0 Å². The maximum Gasteiger partial charge on any atom is 0.139 e. The SMILES string of the molecule is Cc1ccc(C)c(OC(c2ccsc2)C(C)N)c1. The van der Waals surface area contributed by atoms with Gasteiger partial charge in [0.05, 0.1) is 0 Å². The molecule has 96 valence electrons. The van der Waals surface area contributed by atoms with Gasteiger partial charge in [-0.25, -0.2) is 0 Å². The molecule has 0 spiro atoms. The van der Waals surface area contributed by atoms with Crippen LogP contribution in [0.5, 0.6) is 5.75 Å². The van der Waals surface area contributed by atoms with Gasteiger partial charge in [0.15, 0.2) is 0 Å². The first-order valence-corrected chi connectivity index (χ1v) is 7.04. The van der Waals surface area contributed by atoms with Crippen LogP contribution in [-0.4, -0.2) is 6.04 Å². The van der Waals surface area contributed by atoms with E-state index in [0.29, 0.717) is 0 Å². The lowest BCUT2D eigenvalue weighted by Gasteiger charge is -2.23. The van der Waals surface area contributed by atoms with E-state index in [9.17, 15) is 0 Å². The molecule has 18 heavy (non-hydrogen) atoms. The zero-order chi connectivity index (χ0) is 13.1. The largest absolute Gasteiger partial charge is 0.484 e. The van der Waals surface area contributed by atoms with Gasteiger partial charge in [0.25, 0.3) is 0 Å². The predicted molar refractivity (Wildman–Crippen MR) is 77.3 cm³/mol. The first kappa shape index (κ1) is 13.1. The molecule has 3 heteroatoms. The highest BCUT2D eigenvalue weighted by Crippen LogP contribution is 2.28. The van der Waals surface area contributed by atoms with Crippen molar-refractivity contribution in [2.24, 2.45) is 5.73 Å². The molecule has 0 amide bonds. The molecule has 0 aliphatic heterocycles. The second-order valence-corrected chi connectivity index (χ2v) is 5.50. The average Bonchev–Trinajstić information content (AvgIpc) is 2.83. The Hall–Kier alpha value is -1.32. The van der Waals surface area contributed by atoms with Crippen LogP contribution in [0.25, 0.3) is 0 Å². The van der Waals surface area contributed by atoms with Crippen molar-refractivity contribution in [3.05, 3.63) is 51.7 Å². The number of hydrogen-bond acceptors (Lipinski definition) is 3. The van der Waals surface area contributed by atoms with Crippen molar-refractivity contribution >= 4 is 11.3 Å². The Morgan fingerprint density at radius 3 is 2.61 bits per heavy atom. The monoisotopic (exact) mass is 261 g/mol. The summed E-state index contributed by atoms with van der Waals surface area (Å²) in [7, 11) is 0. The number of hydrogen-bond donors (Lipinski definition) is 1. The van der Waals surface area contributed by atoms with E-state index in [1.54, 1.807) is 11.3 Å². The van der Waals surface area contributed by atoms with Crippen LogP contribution in [0.15, 0.2) is 35.0 Å². The Labute approximate surface area is 112 Å². The van der Waals surface area contributed by atoms with Crippen molar-refractivity contribution in [3.63, 3.8) is 0 Å². The second-order valence-electron chi connectivity index (χ2n) is 4.72. The van der Waals surface area contributed by atoms with Crippen molar-refractivity contribution in [1.29, 1.82) is 0 Å². The number of nitrogens with two attached hydrogens (primary N) is 1. The fourth-order valence-corrected chi connectivity index (χ4v) is 2.57. The third-order valence-electron chi connectivity index (χ3n) is 2.95. The van der Waals surface area contributed by atoms with Crippen molar-refractivity contribution in [1.82, 2.24) is 0 Å². The van der Waals surface area contributed by atoms with E-state index >= 15 is 0 Å². The van der Waals surface area contributed by atoms with Gasteiger partial charge in [0, 0.05) is 11.6 Å². The third kappa shape index (κ3) is 2.92. The summed E-state index contributed by atoms with van der Waals surface area (Å²) in [6, 6.07) is 8.27. The summed E-state index contributed by atoms with van der Waals surface area (Å²) in [5, 5.41) is 4.15. The summed E-state index contributed by atoms with van der Waals surface area (Å²) in [6.07, 6.45) is -0.0863. The van der Waals surface area contributed by atoms with Crippen LogP contribution in [0.2, 0.25) is 0 Å². The molecule has 0 aliphatic rings. The van der Waals surface area contributed by atoms with Crippen molar-refractivity contribution < 1.29 is 4.74 Å². The molecule has 0 bridgehead atoms. The van der Waals surface area contributed by atoms with Crippen molar-refractivity contribution in [2.45, 2.75) is 32.9 Å². The van der Waals surface area contributed by atoms with E-state index in [4.69, 9.17) is 10.5 Å². The lowest BCUT2D eigenvalue weighted by atomic mass is 10.1. The Morgan fingerprint density at radius 1 is 1.22 bits per heavy atom. The molecular formula is C15H19NOS. The average molecular weight is 261 g/mol. The summed E-state index contributed by atoms with van der Waals surface area (Å²) >= 11 is 1.67. The topological polar surface area (TPSA) is 35.2 Å². The van der Waals surface area contributed by atoms with Gasteiger partial charge in [0.2, 0.25) is 0 Å². The van der Waals surface area contributed by atoms with E-state index in [2.05, 4.69) is 48.9 Å². The van der Waals surface area contributed by atoms with Crippen LogP contribution in [0.4, 0.5) is 0 Å². The second kappa shape index (κ2) is 5.55. The number of ether oxygens (including phenoxy) is 1. The van der Waals surface area contributed by atoms with Gasteiger partial charge in [-0.2, -0.15) is 11.3 Å². The Balaban J connectivity index is 2.27. The molecule has 0 fully saturated rings. The molecule has 2 aromatic rings. The van der Waals surface area contributed by atoms with Crippen LogP contribution in [0.1, 0.15) is 29.7 Å². The van der Waals surface area contributed by atoms with Crippen molar-refractivity contribution in [3.8, 4) is 5.75 Å². The quantitative estimate of drug-likeness (QED) is 0.907. The van der Waals surface area contributed by atoms with Gasteiger partial charge in [0.1, 0.15) is 11.9 Å². The summed E-state index contributed by atoms with van der Waals surface area (Å²) in [4.78, 5) is 0. The van der Waals surface area contributed by atoms with E-state index in [-0.39, 0.29) is 12.1 Å². The highest BCUT2D eigenvalue weighted by atomic mass is 32.1. The van der Waals surface area contributed by atoms with Crippen LogP contribution in [0, 0.1) is 13.8 Å². The molecule has 1 heterocycles. The molecule has 2 rings (SSSR count). The molecule has 1 aromatic carbocycles. The van der Waals surface area contributed by atoms with Crippen LogP contribution >= 0.6 is 11.3 Å². The van der Waals surface area contributed by atoms with Gasteiger partial charge in [-0.1, -0.05) is 12.1 Å². The van der Waals surface area contributed by atoms with E-state index < -0.39 is 0 Å². The minimum absolute atomic E-state index is 0.0421. The maximum atomic E-state index is 6.11. The van der Waals surface area contributed by atoms with E-state index in [1.165, 1.54) is 5.56 Å². The molecule has 0 aliphatic carbocycles. The predicted octanol–water partition coefficient (Wildman–Crippen LogP) is 3.83. The van der Waals surface area contributed by atoms with Gasteiger partial charge in [-0.15, -0.1) is 0 Å². The molecule has 0 saturated carbocycles. The molecule has 2 nitrogen and oxygen atoms in total. The molecule has 2 unspecified atom stereocenters. The molecule has 2 N–H and O–H groups in total. The van der Waals surface area contributed by atoms with Gasteiger partial charge in [-0.05, 0) is 54.8 Å². The summed E-state index contributed by atoms with van der Waals surface area (Å²) in [5.74, 6) is 0.920. The van der Waals surface area contributed by atoms with Crippen LogP contribution in [0.3, 0.4) is 0 Å². The third-order valence-corrected chi connectivity index (χ3v) is 3.65. The summed E-state index contributed by atoms with van der Waals surface area (Å²) in [6.45, 7) is 6.10. The van der Waals surface area contributed by atoms with E-state index in [1.807, 2.05) is 6.92 Å². The maximum absolute atomic E-state index is 6.11. The number of benzene rings is 1. The zero-order valence-electron chi connectivity index (χ0n) is 11.0. The lowest BCUT2D eigenvalue weighted by molar-refractivity contribution is 0.179.